The van der Waals surface area contributed by atoms with Crippen LogP contribution in [-0.2, 0) is 10.0 Å². The van der Waals surface area contributed by atoms with E-state index in [-0.39, 0.29) is 21.4 Å². The number of aromatic amines is 1. The topological polar surface area (TPSA) is 101 Å². The van der Waals surface area contributed by atoms with Crippen molar-refractivity contribution in [3.8, 4) is 0 Å². The van der Waals surface area contributed by atoms with E-state index >= 15 is 0 Å². The fraction of sp³-hybridized carbons (Fsp3) is 0. The van der Waals surface area contributed by atoms with Crippen LogP contribution in [0.2, 0.25) is 10.0 Å². The van der Waals surface area contributed by atoms with Gasteiger partial charge in [-0.1, -0.05) is 23.2 Å². The summed E-state index contributed by atoms with van der Waals surface area (Å²) in [7, 11) is -3.83. The van der Waals surface area contributed by atoms with Gasteiger partial charge in [0, 0.05) is 5.02 Å². The van der Waals surface area contributed by atoms with E-state index in [1.54, 1.807) is 0 Å². The first-order valence-corrected chi connectivity index (χ1v) is 6.91. The molecule has 0 bridgehead atoms. The first-order chi connectivity index (χ1) is 8.40. The van der Waals surface area contributed by atoms with Gasteiger partial charge in [0.05, 0.1) is 16.9 Å². The molecule has 1 aromatic heterocycles. The number of rotatable bonds is 3. The number of halogens is 2. The number of benzene rings is 1. The number of nitrogens with two attached hydrogens (primary N) is 1. The molecular weight excluding hydrogens is 299 g/mol. The number of hydrogen-bond acceptors (Lipinski definition) is 4. The lowest BCUT2D eigenvalue weighted by Gasteiger charge is -2.08. The Kier molecular flexibility index (Phi) is 3.38. The van der Waals surface area contributed by atoms with E-state index in [1.165, 1.54) is 18.2 Å². The molecule has 4 N–H and O–H groups in total. The molecule has 18 heavy (non-hydrogen) atoms. The standard InChI is InChI=1S/C9H8Cl2N4O2S/c10-5-1-2-7(6(11)3-5)15-18(16,17)8-4-13-14-9(8)12/h1-4,15H,(H3,12,13,14). The van der Waals surface area contributed by atoms with Crippen molar-refractivity contribution in [2.45, 2.75) is 4.90 Å². The Bertz CT molecular complexity index is 684. The molecular formula is C9H8Cl2N4O2S. The molecule has 9 heteroatoms. The number of nitrogens with zero attached hydrogens (tertiary/aromatic N) is 1. The first-order valence-electron chi connectivity index (χ1n) is 4.67. The zero-order valence-electron chi connectivity index (χ0n) is 8.81. The quantitative estimate of drug-likeness (QED) is 0.808. The molecule has 0 fully saturated rings. The average molecular weight is 307 g/mol. The van der Waals surface area contributed by atoms with Gasteiger partial charge in [-0.3, -0.25) is 9.82 Å². The van der Waals surface area contributed by atoms with E-state index in [4.69, 9.17) is 28.9 Å². The lowest BCUT2D eigenvalue weighted by atomic mass is 10.3. The normalized spacial score (nSPS) is 11.4. The number of sulfonamides is 1. The molecule has 1 aromatic carbocycles. The molecule has 0 aliphatic carbocycles. The fourth-order valence-electron chi connectivity index (χ4n) is 1.27. The maximum absolute atomic E-state index is 12.0. The second-order valence-corrected chi connectivity index (χ2v) is 5.87. The molecule has 0 saturated carbocycles. The summed E-state index contributed by atoms with van der Waals surface area (Å²) in [4.78, 5) is -0.145. The van der Waals surface area contributed by atoms with Crippen LogP contribution in [0.1, 0.15) is 0 Å². The number of hydrogen-bond donors (Lipinski definition) is 3. The molecule has 96 valence electrons. The Morgan fingerprint density at radius 2 is 2.06 bits per heavy atom. The van der Waals surface area contributed by atoms with Gasteiger partial charge in [0.25, 0.3) is 10.0 Å². The molecule has 1 heterocycles. The maximum atomic E-state index is 12.0. The number of nitrogens with one attached hydrogen (secondary N) is 2. The van der Waals surface area contributed by atoms with Gasteiger partial charge in [-0.2, -0.15) is 5.10 Å². The summed E-state index contributed by atoms with van der Waals surface area (Å²) >= 11 is 11.6. The molecule has 0 aliphatic heterocycles. The highest BCUT2D eigenvalue weighted by atomic mass is 35.5. The van der Waals surface area contributed by atoms with Crippen molar-refractivity contribution < 1.29 is 8.42 Å². The van der Waals surface area contributed by atoms with Crippen LogP contribution in [0.15, 0.2) is 29.3 Å². The van der Waals surface area contributed by atoms with Crippen molar-refractivity contribution in [3.63, 3.8) is 0 Å². The Morgan fingerprint density at radius 1 is 1.33 bits per heavy atom. The molecule has 0 aliphatic rings. The van der Waals surface area contributed by atoms with Crippen molar-refractivity contribution >= 4 is 44.7 Å². The van der Waals surface area contributed by atoms with E-state index < -0.39 is 10.0 Å². The van der Waals surface area contributed by atoms with E-state index in [9.17, 15) is 8.42 Å². The van der Waals surface area contributed by atoms with Crippen LogP contribution in [0.25, 0.3) is 0 Å². The maximum Gasteiger partial charge on any atom is 0.267 e. The van der Waals surface area contributed by atoms with Crippen LogP contribution < -0.4 is 10.5 Å². The van der Waals surface area contributed by atoms with Crippen LogP contribution in [-0.4, -0.2) is 18.6 Å². The minimum Gasteiger partial charge on any atom is -0.383 e. The van der Waals surface area contributed by atoms with E-state index in [1.807, 2.05) is 0 Å². The number of anilines is 2. The van der Waals surface area contributed by atoms with Gasteiger partial charge in [-0.25, -0.2) is 8.42 Å². The number of H-pyrrole nitrogens is 1. The molecule has 0 unspecified atom stereocenters. The molecule has 0 atom stereocenters. The van der Waals surface area contributed by atoms with Crippen LogP contribution in [0.4, 0.5) is 11.5 Å². The van der Waals surface area contributed by atoms with Gasteiger partial charge < -0.3 is 5.73 Å². The highest BCUT2D eigenvalue weighted by molar-refractivity contribution is 7.92. The summed E-state index contributed by atoms with van der Waals surface area (Å²) in [5, 5.41) is 6.48. The third-order valence-electron chi connectivity index (χ3n) is 2.10. The lowest BCUT2D eigenvalue weighted by molar-refractivity contribution is 0.601. The zero-order valence-corrected chi connectivity index (χ0v) is 11.1. The second-order valence-electron chi connectivity index (χ2n) is 3.38. The van der Waals surface area contributed by atoms with E-state index in [2.05, 4.69) is 14.9 Å². The van der Waals surface area contributed by atoms with Gasteiger partial charge in [0.1, 0.15) is 10.7 Å². The monoisotopic (exact) mass is 306 g/mol. The smallest absolute Gasteiger partial charge is 0.267 e. The number of nitrogen functional groups attached to an aromatic ring is 1. The minimum absolute atomic E-state index is 0.0485. The summed E-state index contributed by atoms with van der Waals surface area (Å²) in [6.45, 7) is 0. The summed E-state index contributed by atoms with van der Waals surface area (Å²) in [6.07, 6.45) is 1.11. The lowest BCUT2D eigenvalue weighted by Crippen LogP contribution is -2.14. The molecule has 2 aromatic rings. The van der Waals surface area contributed by atoms with Gasteiger partial charge in [0.15, 0.2) is 0 Å². The second kappa shape index (κ2) is 4.68. The minimum atomic E-state index is -3.83. The third kappa shape index (κ3) is 2.53. The van der Waals surface area contributed by atoms with Gasteiger partial charge in [-0.05, 0) is 18.2 Å². The number of aromatic nitrogens is 2. The van der Waals surface area contributed by atoms with Crippen molar-refractivity contribution in [3.05, 3.63) is 34.4 Å². The summed E-state index contributed by atoms with van der Waals surface area (Å²) in [5.41, 5.74) is 5.66. The van der Waals surface area contributed by atoms with Crippen LogP contribution >= 0.6 is 23.2 Å². The summed E-state index contributed by atoms with van der Waals surface area (Å²) in [5.74, 6) is -0.0485. The van der Waals surface area contributed by atoms with Crippen LogP contribution in [0.5, 0.6) is 0 Å². The molecule has 2 rings (SSSR count). The molecule has 0 radical (unpaired) electrons. The van der Waals surface area contributed by atoms with Gasteiger partial charge >= 0.3 is 0 Å². The molecule has 0 saturated heterocycles. The van der Waals surface area contributed by atoms with Crippen molar-refractivity contribution in [2.24, 2.45) is 0 Å². The van der Waals surface area contributed by atoms with Gasteiger partial charge in [0.2, 0.25) is 0 Å². The van der Waals surface area contributed by atoms with Crippen molar-refractivity contribution in [2.75, 3.05) is 10.5 Å². The largest absolute Gasteiger partial charge is 0.383 e. The van der Waals surface area contributed by atoms with Gasteiger partial charge in [-0.15, -0.1) is 0 Å². The SMILES string of the molecule is Nc1[nH]ncc1S(=O)(=O)Nc1ccc(Cl)cc1Cl. The highest BCUT2D eigenvalue weighted by Crippen LogP contribution is 2.28. The fourth-order valence-corrected chi connectivity index (χ4v) is 2.89. The highest BCUT2D eigenvalue weighted by Gasteiger charge is 2.20. The summed E-state index contributed by atoms with van der Waals surface area (Å²) < 4.78 is 26.3. The van der Waals surface area contributed by atoms with E-state index in [0.29, 0.717) is 5.02 Å². The Hall–Kier alpha value is -1.44. The Labute approximate surface area is 113 Å². The van der Waals surface area contributed by atoms with Crippen molar-refractivity contribution in [1.82, 2.24) is 10.2 Å². The summed E-state index contributed by atoms with van der Waals surface area (Å²) in [6, 6.07) is 4.40. The van der Waals surface area contributed by atoms with E-state index in [0.717, 1.165) is 6.20 Å². The Balaban J connectivity index is 2.37. The Morgan fingerprint density at radius 3 is 2.61 bits per heavy atom. The average Bonchev–Trinajstić information content (AvgIpc) is 2.69. The van der Waals surface area contributed by atoms with Crippen LogP contribution in [0.3, 0.4) is 0 Å². The van der Waals surface area contributed by atoms with Crippen molar-refractivity contribution in [1.29, 1.82) is 0 Å². The first kappa shape index (κ1) is 13.0. The molecule has 0 spiro atoms. The predicted molar refractivity (Wildman–Crippen MR) is 70.3 cm³/mol. The zero-order chi connectivity index (χ0) is 13.3. The molecule has 0 amide bonds. The predicted octanol–water partition coefficient (Wildman–Crippen LogP) is 2.10. The third-order valence-corrected chi connectivity index (χ3v) is 4.04. The molecule has 6 nitrogen and oxygen atoms in total. The van der Waals surface area contributed by atoms with Crippen LogP contribution in [0, 0.1) is 0 Å².